The van der Waals surface area contributed by atoms with Crippen LogP contribution in [0.15, 0.2) is 88.1 Å². The van der Waals surface area contributed by atoms with Gasteiger partial charge in [0.15, 0.2) is 0 Å². The van der Waals surface area contributed by atoms with Crippen molar-refractivity contribution >= 4 is 16.7 Å². The molecule has 5 nitrogen and oxygen atoms in total. The summed E-state index contributed by atoms with van der Waals surface area (Å²) in [5, 5.41) is 5.46. The van der Waals surface area contributed by atoms with E-state index in [2.05, 4.69) is 29.6 Å². The van der Waals surface area contributed by atoms with Crippen LogP contribution in [0.3, 0.4) is 0 Å². The second-order valence-corrected chi connectivity index (χ2v) is 7.16. The Morgan fingerprint density at radius 2 is 1.55 bits per heavy atom. The van der Waals surface area contributed by atoms with Crippen LogP contribution in [-0.4, -0.2) is 17.4 Å². The van der Waals surface area contributed by atoms with Gasteiger partial charge in [-0.25, -0.2) is 0 Å². The molecule has 1 amide bonds. The number of furan rings is 2. The van der Waals surface area contributed by atoms with Crippen molar-refractivity contribution in [2.75, 3.05) is 6.54 Å². The number of fused-ring (bicyclic) bond motifs is 1. The number of hydrogen-bond acceptors (Lipinski definition) is 4. The lowest BCUT2D eigenvalue weighted by molar-refractivity contribution is -0.123. The van der Waals surface area contributed by atoms with Crippen molar-refractivity contribution in [1.29, 1.82) is 0 Å². The first kappa shape index (κ1) is 19.0. The smallest absolute Gasteiger partial charge is 0.234 e. The minimum absolute atomic E-state index is 0.0384. The normalized spacial score (nSPS) is 12.3. The summed E-state index contributed by atoms with van der Waals surface area (Å²) >= 11 is 0. The summed E-state index contributed by atoms with van der Waals surface area (Å²) in [5.74, 6) is 1.58. The molecule has 0 radical (unpaired) electrons. The van der Waals surface area contributed by atoms with Gasteiger partial charge in [0.25, 0.3) is 0 Å². The van der Waals surface area contributed by atoms with Gasteiger partial charge in [-0.3, -0.25) is 9.69 Å². The average Bonchev–Trinajstić information content (AvgIpc) is 3.41. The number of nitrogens with zero attached hydrogens (tertiary/aromatic N) is 1. The minimum Gasteiger partial charge on any atom is -0.468 e. The highest BCUT2D eigenvalue weighted by atomic mass is 16.3. The lowest BCUT2D eigenvalue weighted by Gasteiger charge is -2.22. The summed E-state index contributed by atoms with van der Waals surface area (Å²) in [6.45, 7) is 3.33. The first-order valence-electron chi connectivity index (χ1n) is 9.73. The zero-order valence-electron chi connectivity index (χ0n) is 16.4. The second-order valence-electron chi connectivity index (χ2n) is 7.16. The van der Waals surface area contributed by atoms with Crippen molar-refractivity contribution < 1.29 is 13.6 Å². The van der Waals surface area contributed by atoms with Crippen molar-refractivity contribution in [3.05, 3.63) is 96.3 Å². The zero-order chi connectivity index (χ0) is 20.1. The minimum atomic E-state index is -0.0947. The molecule has 1 atom stereocenters. The maximum absolute atomic E-state index is 12.8. The quantitative estimate of drug-likeness (QED) is 0.466. The van der Waals surface area contributed by atoms with Gasteiger partial charge in [0.1, 0.15) is 11.5 Å². The van der Waals surface area contributed by atoms with E-state index in [4.69, 9.17) is 8.83 Å². The number of nitrogens with one attached hydrogen (secondary N) is 1. The third-order valence-electron chi connectivity index (χ3n) is 4.95. The van der Waals surface area contributed by atoms with Crippen molar-refractivity contribution in [2.45, 2.75) is 26.1 Å². The van der Waals surface area contributed by atoms with Gasteiger partial charge in [-0.15, -0.1) is 0 Å². The Morgan fingerprint density at radius 3 is 2.21 bits per heavy atom. The molecule has 2 heterocycles. The van der Waals surface area contributed by atoms with Crippen molar-refractivity contribution in [2.24, 2.45) is 0 Å². The summed E-state index contributed by atoms with van der Waals surface area (Å²) < 4.78 is 10.9. The van der Waals surface area contributed by atoms with Gasteiger partial charge in [0.05, 0.1) is 38.2 Å². The molecule has 4 rings (SSSR count). The average molecular weight is 388 g/mol. The van der Waals surface area contributed by atoms with Crippen molar-refractivity contribution in [3.63, 3.8) is 0 Å². The van der Waals surface area contributed by atoms with Gasteiger partial charge in [-0.1, -0.05) is 42.5 Å². The van der Waals surface area contributed by atoms with E-state index in [1.165, 1.54) is 5.39 Å². The molecule has 1 N–H and O–H groups in total. The molecule has 0 unspecified atom stereocenters. The molecule has 0 aliphatic rings. The van der Waals surface area contributed by atoms with E-state index in [0.29, 0.717) is 13.1 Å². The number of rotatable bonds is 8. The fourth-order valence-corrected chi connectivity index (χ4v) is 3.61. The van der Waals surface area contributed by atoms with Gasteiger partial charge in [-0.05, 0) is 47.5 Å². The molecule has 0 aliphatic carbocycles. The molecule has 0 spiro atoms. The van der Waals surface area contributed by atoms with Crippen molar-refractivity contribution in [1.82, 2.24) is 10.2 Å². The SMILES string of the molecule is C[C@@H](NC(=O)CN(Cc1ccco1)Cc1ccco1)c1cccc2ccccc12. The molecular formula is C24H24N2O3. The van der Waals surface area contributed by atoms with E-state index < -0.39 is 0 Å². The molecule has 2 aromatic carbocycles. The maximum atomic E-state index is 12.8. The van der Waals surface area contributed by atoms with Crippen molar-refractivity contribution in [3.8, 4) is 0 Å². The molecule has 0 saturated carbocycles. The summed E-state index contributed by atoms with van der Waals surface area (Å²) in [7, 11) is 0. The summed E-state index contributed by atoms with van der Waals surface area (Å²) in [6, 6.07) is 21.8. The molecule has 29 heavy (non-hydrogen) atoms. The first-order chi connectivity index (χ1) is 14.2. The van der Waals surface area contributed by atoms with E-state index in [9.17, 15) is 4.79 Å². The molecule has 0 saturated heterocycles. The van der Waals surface area contributed by atoms with Crippen LogP contribution in [0.4, 0.5) is 0 Å². The van der Waals surface area contributed by atoms with Gasteiger partial charge < -0.3 is 14.2 Å². The fraction of sp³-hybridized carbons (Fsp3) is 0.208. The Morgan fingerprint density at radius 1 is 0.897 bits per heavy atom. The topological polar surface area (TPSA) is 58.6 Å². The monoisotopic (exact) mass is 388 g/mol. The highest BCUT2D eigenvalue weighted by Crippen LogP contribution is 2.24. The van der Waals surface area contributed by atoms with Gasteiger partial charge in [-0.2, -0.15) is 0 Å². The lowest BCUT2D eigenvalue weighted by atomic mass is 10.00. The first-order valence-corrected chi connectivity index (χ1v) is 9.73. The van der Waals surface area contributed by atoms with Crippen LogP contribution in [0.1, 0.15) is 30.0 Å². The maximum Gasteiger partial charge on any atom is 0.234 e. The van der Waals surface area contributed by atoms with Crippen LogP contribution in [-0.2, 0) is 17.9 Å². The van der Waals surface area contributed by atoms with Gasteiger partial charge >= 0.3 is 0 Å². The van der Waals surface area contributed by atoms with E-state index in [1.807, 2.05) is 54.3 Å². The van der Waals surface area contributed by atoms with Crippen LogP contribution in [0.25, 0.3) is 10.8 Å². The van der Waals surface area contributed by atoms with E-state index in [-0.39, 0.29) is 18.5 Å². The summed E-state index contributed by atoms with van der Waals surface area (Å²) in [4.78, 5) is 14.8. The van der Waals surface area contributed by atoms with Gasteiger partial charge in [0.2, 0.25) is 5.91 Å². The summed E-state index contributed by atoms with van der Waals surface area (Å²) in [5.41, 5.74) is 1.11. The fourth-order valence-electron chi connectivity index (χ4n) is 3.61. The Labute approximate surface area is 169 Å². The number of amides is 1. The molecule has 148 valence electrons. The van der Waals surface area contributed by atoms with E-state index in [1.54, 1.807) is 12.5 Å². The van der Waals surface area contributed by atoms with Crippen LogP contribution in [0.5, 0.6) is 0 Å². The second kappa shape index (κ2) is 8.80. The highest BCUT2D eigenvalue weighted by molar-refractivity contribution is 5.87. The molecule has 0 bridgehead atoms. The standard InChI is InChI=1S/C24H24N2O3/c1-18(22-12-4-8-19-7-2-3-11-23(19)22)25-24(27)17-26(15-20-9-5-13-28-20)16-21-10-6-14-29-21/h2-14,18H,15-17H2,1H3,(H,25,27)/t18-/m1/s1. The Hall–Kier alpha value is -3.31. The lowest BCUT2D eigenvalue weighted by Crippen LogP contribution is -2.37. The number of carbonyl (C=O) groups excluding carboxylic acids is 1. The van der Waals surface area contributed by atoms with Crippen LogP contribution >= 0.6 is 0 Å². The molecule has 2 aromatic heterocycles. The van der Waals surface area contributed by atoms with Gasteiger partial charge in [0, 0.05) is 0 Å². The van der Waals surface area contributed by atoms with Crippen LogP contribution in [0.2, 0.25) is 0 Å². The largest absolute Gasteiger partial charge is 0.468 e. The Balaban J connectivity index is 1.45. The van der Waals surface area contributed by atoms with Crippen LogP contribution < -0.4 is 5.32 Å². The number of hydrogen-bond donors (Lipinski definition) is 1. The molecule has 4 aromatic rings. The molecule has 0 aliphatic heterocycles. The van der Waals surface area contributed by atoms with E-state index in [0.717, 1.165) is 22.5 Å². The molecular weight excluding hydrogens is 364 g/mol. The predicted octanol–water partition coefficient (Wildman–Crippen LogP) is 4.91. The number of carbonyl (C=O) groups is 1. The molecule has 0 fully saturated rings. The predicted molar refractivity (Wildman–Crippen MR) is 112 cm³/mol. The summed E-state index contributed by atoms with van der Waals surface area (Å²) in [6.07, 6.45) is 3.28. The zero-order valence-corrected chi connectivity index (χ0v) is 16.4. The Bertz CT molecular complexity index is 1010. The number of benzene rings is 2. The Kier molecular flexibility index (Phi) is 5.77. The van der Waals surface area contributed by atoms with E-state index >= 15 is 0 Å². The third-order valence-corrected chi connectivity index (χ3v) is 4.95. The molecule has 5 heteroatoms. The third kappa shape index (κ3) is 4.76. The van der Waals surface area contributed by atoms with Crippen LogP contribution in [0, 0.1) is 0 Å². The highest BCUT2D eigenvalue weighted by Gasteiger charge is 2.17.